The fourth-order valence-corrected chi connectivity index (χ4v) is 2.24. The van der Waals surface area contributed by atoms with Gasteiger partial charge in [-0.25, -0.2) is 4.79 Å². The first kappa shape index (κ1) is 15.3. The average molecular weight is 317 g/mol. The van der Waals surface area contributed by atoms with Crippen LogP contribution in [0.4, 0.5) is 10.5 Å². The number of rotatable bonds is 2. The molecule has 2 rings (SSSR count). The number of carbonyl (C=O) groups is 1. The first-order valence-electron chi connectivity index (χ1n) is 6.45. The van der Waals surface area contributed by atoms with Crippen molar-refractivity contribution in [2.45, 2.75) is 32.4 Å². The number of carbonyl (C=O) groups excluding carboxylic acids is 1. The normalized spacial score (nSPS) is 15.8. The Bertz CT molecular complexity index is 508. The molecule has 1 N–H and O–H groups in total. The molecule has 1 heterocycles. The molecule has 1 aromatic carbocycles. The van der Waals surface area contributed by atoms with Crippen molar-refractivity contribution in [3.8, 4) is 0 Å². The lowest BCUT2D eigenvalue weighted by molar-refractivity contribution is 0.0105. The molecule has 1 saturated heterocycles. The Balaban J connectivity index is 1.85. The van der Waals surface area contributed by atoms with Crippen molar-refractivity contribution in [1.82, 2.24) is 4.90 Å². The molecule has 0 unspecified atom stereocenters. The Morgan fingerprint density at radius 1 is 1.35 bits per heavy atom. The van der Waals surface area contributed by atoms with E-state index in [0.717, 1.165) is 5.69 Å². The lowest BCUT2D eigenvalue weighted by atomic mass is 10.1. The average Bonchev–Trinajstić information content (AvgIpc) is 2.25. The van der Waals surface area contributed by atoms with Crippen LogP contribution in [0.3, 0.4) is 0 Å². The molecule has 1 aromatic rings. The smallest absolute Gasteiger partial charge is 0.410 e. The van der Waals surface area contributed by atoms with Gasteiger partial charge in [0.2, 0.25) is 0 Å². The third-order valence-corrected chi connectivity index (χ3v) is 3.66. The van der Waals surface area contributed by atoms with Gasteiger partial charge in [-0.15, -0.1) is 0 Å². The molecule has 1 fully saturated rings. The van der Waals surface area contributed by atoms with Crippen LogP contribution in [0.15, 0.2) is 18.2 Å². The molecule has 20 heavy (non-hydrogen) atoms. The number of hydrogen-bond acceptors (Lipinski definition) is 3. The maximum atomic E-state index is 11.8. The monoisotopic (exact) mass is 316 g/mol. The molecular weight excluding hydrogens is 299 g/mol. The second kappa shape index (κ2) is 5.70. The van der Waals surface area contributed by atoms with Gasteiger partial charge in [0.1, 0.15) is 5.60 Å². The summed E-state index contributed by atoms with van der Waals surface area (Å²) in [5, 5.41) is 4.29. The molecule has 110 valence electrons. The predicted molar refractivity (Wildman–Crippen MR) is 81.7 cm³/mol. The Hall–Kier alpha value is -1.13. The van der Waals surface area contributed by atoms with Crippen LogP contribution < -0.4 is 5.32 Å². The molecule has 1 amide bonds. The van der Waals surface area contributed by atoms with Crippen LogP contribution >= 0.6 is 23.2 Å². The van der Waals surface area contributed by atoms with Crippen LogP contribution in [0.5, 0.6) is 0 Å². The van der Waals surface area contributed by atoms with E-state index in [9.17, 15) is 4.79 Å². The molecule has 0 saturated carbocycles. The first-order valence-corrected chi connectivity index (χ1v) is 7.20. The zero-order chi connectivity index (χ0) is 14.9. The second-order valence-corrected chi connectivity index (χ2v) is 6.61. The Morgan fingerprint density at radius 2 is 2.00 bits per heavy atom. The van der Waals surface area contributed by atoms with E-state index < -0.39 is 5.60 Å². The number of benzene rings is 1. The van der Waals surface area contributed by atoms with E-state index >= 15 is 0 Å². The zero-order valence-electron chi connectivity index (χ0n) is 11.7. The minimum atomic E-state index is -0.466. The van der Waals surface area contributed by atoms with Crippen LogP contribution in [0, 0.1) is 0 Å². The van der Waals surface area contributed by atoms with Gasteiger partial charge in [-0.3, -0.25) is 0 Å². The number of nitrogens with one attached hydrogen (secondary N) is 1. The zero-order valence-corrected chi connectivity index (χ0v) is 13.3. The van der Waals surface area contributed by atoms with Crippen LogP contribution in [0.25, 0.3) is 0 Å². The molecule has 0 aliphatic carbocycles. The van der Waals surface area contributed by atoms with Crippen LogP contribution in [-0.2, 0) is 4.74 Å². The highest BCUT2D eigenvalue weighted by atomic mass is 35.5. The molecule has 0 aromatic heterocycles. The summed E-state index contributed by atoms with van der Waals surface area (Å²) < 4.78 is 5.30. The molecule has 4 nitrogen and oxygen atoms in total. The van der Waals surface area contributed by atoms with Crippen molar-refractivity contribution in [2.75, 3.05) is 18.4 Å². The van der Waals surface area contributed by atoms with Crippen LogP contribution in [0.1, 0.15) is 20.8 Å². The van der Waals surface area contributed by atoms with Gasteiger partial charge in [-0.2, -0.15) is 0 Å². The van der Waals surface area contributed by atoms with Gasteiger partial charge >= 0.3 is 6.09 Å². The molecule has 1 aliphatic rings. The fourth-order valence-electron chi connectivity index (χ4n) is 1.88. The van der Waals surface area contributed by atoms with Crippen LogP contribution in [0.2, 0.25) is 10.0 Å². The van der Waals surface area contributed by atoms with E-state index in [0.29, 0.717) is 23.1 Å². The third kappa shape index (κ3) is 3.70. The number of nitrogens with zero attached hydrogens (tertiary/aromatic N) is 1. The summed E-state index contributed by atoms with van der Waals surface area (Å²) in [6.07, 6.45) is -0.284. The Labute approximate surface area is 129 Å². The van der Waals surface area contributed by atoms with E-state index in [2.05, 4.69) is 5.32 Å². The van der Waals surface area contributed by atoms with Crippen molar-refractivity contribution in [1.29, 1.82) is 0 Å². The Kier molecular flexibility index (Phi) is 4.35. The molecule has 0 spiro atoms. The van der Waals surface area contributed by atoms with Gasteiger partial charge in [-0.05, 0) is 32.9 Å². The first-order chi connectivity index (χ1) is 9.26. The fraction of sp³-hybridized carbons (Fsp3) is 0.500. The summed E-state index contributed by atoms with van der Waals surface area (Å²) in [5.41, 5.74) is 0.319. The standard InChI is InChI=1S/C14H18Cl2N2O2/c1-14(2,3)20-13(19)18-7-9(8-18)17-11-6-4-5-10(15)12(11)16/h4-6,9,17H,7-8H2,1-3H3. The van der Waals surface area contributed by atoms with Crippen molar-refractivity contribution >= 4 is 35.0 Å². The summed E-state index contributed by atoms with van der Waals surface area (Å²) in [6.45, 7) is 6.75. The second-order valence-electron chi connectivity index (χ2n) is 5.83. The third-order valence-electron chi connectivity index (χ3n) is 2.84. The van der Waals surface area contributed by atoms with E-state index in [1.165, 1.54) is 0 Å². The van der Waals surface area contributed by atoms with Crippen molar-refractivity contribution in [2.24, 2.45) is 0 Å². The summed E-state index contributed by atoms with van der Waals surface area (Å²) in [5.74, 6) is 0. The minimum Gasteiger partial charge on any atom is -0.444 e. The number of likely N-dealkylation sites (tertiary alicyclic amines) is 1. The van der Waals surface area contributed by atoms with E-state index in [1.807, 2.05) is 32.9 Å². The van der Waals surface area contributed by atoms with Gasteiger partial charge in [0, 0.05) is 13.1 Å². The number of anilines is 1. The summed E-state index contributed by atoms with van der Waals surface area (Å²) >= 11 is 12.1. The largest absolute Gasteiger partial charge is 0.444 e. The summed E-state index contributed by atoms with van der Waals surface area (Å²) in [4.78, 5) is 13.4. The molecular formula is C14H18Cl2N2O2. The number of hydrogen-bond donors (Lipinski definition) is 1. The van der Waals surface area contributed by atoms with Gasteiger partial charge in [0.15, 0.2) is 0 Å². The minimum absolute atomic E-state index is 0.165. The predicted octanol–water partition coefficient (Wildman–Crippen LogP) is 4.02. The SMILES string of the molecule is CC(C)(C)OC(=O)N1CC(Nc2cccc(Cl)c2Cl)C1. The highest BCUT2D eigenvalue weighted by Crippen LogP contribution is 2.31. The van der Waals surface area contributed by atoms with Crippen molar-refractivity contribution in [3.05, 3.63) is 28.2 Å². The summed E-state index contributed by atoms with van der Waals surface area (Å²) in [6, 6.07) is 5.60. The number of ether oxygens (including phenoxy) is 1. The van der Waals surface area contributed by atoms with Crippen molar-refractivity contribution in [3.63, 3.8) is 0 Å². The van der Waals surface area contributed by atoms with Gasteiger partial charge < -0.3 is 15.0 Å². The number of halogens is 2. The van der Waals surface area contributed by atoms with Gasteiger partial charge in [0.05, 0.1) is 21.8 Å². The quantitative estimate of drug-likeness (QED) is 0.895. The van der Waals surface area contributed by atoms with Gasteiger partial charge in [-0.1, -0.05) is 29.3 Å². The van der Waals surface area contributed by atoms with Gasteiger partial charge in [0.25, 0.3) is 0 Å². The van der Waals surface area contributed by atoms with Crippen molar-refractivity contribution < 1.29 is 9.53 Å². The highest BCUT2D eigenvalue weighted by molar-refractivity contribution is 6.43. The Morgan fingerprint density at radius 3 is 2.60 bits per heavy atom. The van der Waals surface area contributed by atoms with E-state index in [4.69, 9.17) is 27.9 Å². The van der Waals surface area contributed by atoms with E-state index in [-0.39, 0.29) is 12.1 Å². The van der Waals surface area contributed by atoms with E-state index in [1.54, 1.807) is 11.0 Å². The summed E-state index contributed by atoms with van der Waals surface area (Å²) in [7, 11) is 0. The molecule has 0 radical (unpaired) electrons. The maximum absolute atomic E-state index is 11.8. The molecule has 0 atom stereocenters. The topological polar surface area (TPSA) is 41.6 Å². The maximum Gasteiger partial charge on any atom is 0.410 e. The van der Waals surface area contributed by atoms with Crippen LogP contribution in [-0.4, -0.2) is 35.7 Å². The lowest BCUT2D eigenvalue weighted by Gasteiger charge is -2.40. The lowest BCUT2D eigenvalue weighted by Crippen LogP contribution is -2.57. The molecule has 6 heteroatoms. The molecule has 0 bridgehead atoms. The molecule has 1 aliphatic heterocycles. The number of amides is 1. The highest BCUT2D eigenvalue weighted by Gasteiger charge is 2.33.